The van der Waals surface area contributed by atoms with E-state index >= 15 is 0 Å². The van der Waals surface area contributed by atoms with Crippen LogP contribution in [0.1, 0.15) is 16.8 Å². The highest BCUT2D eigenvalue weighted by Gasteiger charge is 2.18. The van der Waals surface area contributed by atoms with Gasteiger partial charge in [0.05, 0.1) is 7.11 Å². The van der Waals surface area contributed by atoms with Crippen molar-refractivity contribution in [1.82, 2.24) is 10.1 Å². The van der Waals surface area contributed by atoms with Gasteiger partial charge < -0.3 is 15.0 Å². The zero-order chi connectivity index (χ0) is 13.9. The molecule has 0 spiro atoms. The SMILES string of the molecule is COc1ccc(-c2noc(C(N)c3cccs3)n2)cc1. The maximum atomic E-state index is 6.09. The number of ether oxygens (including phenoxy) is 1. The number of benzene rings is 1. The van der Waals surface area contributed by atoms with Gasteiger partial charge in [-0.2, -0.15) is 4.98 Å². The van der Waals surface area contributed by atoms with Crippen LogP contribution in [0.5, 0.6) is 5.75 Å². The summed E-state index contributed by atoms with van der Waals surface area (Å²) in [6.45, 7) is 0. The molecule has 0 amide bonds. The minimum Gasteiger partial charge on any atom is -0.497 e. The monoisotopic (exact) mass is 287 g/mol. The maximum Gasteiger partial charge on any atom is 0.249 e. The molecule has 1 aromatic carbocycles. The van der Waals surface area contributed by atoms with E-state index in [1.165, 1.54) is 0 Å². The van der Waals surface area contributed by atoms with Crippen LogP contribution in [0.4, 0.5) is 0 Å². The van der Waals surface area contributed by atoms with Crippen molar-refractivity contribution in [2.45, 2.75) is 6.04 Å². The molecule has 0 aliphatic carbocycles. The van der Waals surface area contributed by atoms with Gasteiger partial charge in [-0.05, 0) is 35.7 Å². The predicted octanol–water partition coefficient (Wildman–Crippen LogP) is 2.85. The predicted molar refractivity (Wildman–Crippen MR) is 76.6 cm³/mol. The molecule has 0 saturated heterocycles. The second-order valence-corrected chi connectivity index (χ2v) is 5.16. The van der Waals surface area contributed by atoms with Gasteiger partial charge in [-0.1, -0.05) is 11.2 Å². The summed E-state index contributed by atoms with van der Waals surface area (Å²) < 4.78 is 10.4. The average molecular weight is 287 g/mol. The van der Waals surface area contributed by atoms with Crippen molar-refractivity contribution in [2.24, 2.45) is 5.73 Å². The van der Waals surface area contributed by atoms with Crippen LogP contribution in [0.15, 0.2) is 46.3 Å². The fourth-order valence-electron chi connectivity index (χ4n) is 1.81. The molecule has 102 valence electrons. The van der Waals surface area contributed by atoms with Crippen LogP contribution < -0.4 is 10.5 Å². The lowest BCUT2D eigenvalue weighted by atomic mass is 10.2. The minimum atomic E-state index is -0.380. The summed E-state index contributed by atoms with van der Waals surface area (Å²) in [4.78, 5) is 5.35. The van der Waals surface area contributed by atoms with Gasteiger partial charge in [-0.25, -0.2) is 0 Å². The summed E-state index contributed by atoms with van der Waals surface area (Å²) in [6, 6.07) is 11.0. The fourth-order valence-corrected chi connectivity index (χ4v) is 2.53. The molecule has 0 bridgehead atoms. The molecule has 0 fully saturated rings. The maximum absolute atomic E-state index is 6.09. The Morgan fingerprint density at radius 3 is 2.70 bits per heavy atom. The molecule has 1 atom stereocenters. The second-order valence-electron chi connectivity index (χ2n) is 4.18. The molecule has 1 unspecified atom stereocenters. The van der Waals surface area contributed by atoms with E-state index < -0.39 is 0 Å². The van der Waals surface area contributed by atoms with Crippen molar-refractivity contribution >= 4 is 11.3 Å². The summed E-state index contributed by atoms with van der Waals surface area (Å²) in [5.74, 6) is 1.72. The van der Waals surface area contributed by atoms with Gasteiger partial charge in [-0.3, -0.25) is 0 Å². The van der Waals surface area contributed by atoms with E-state index in [1.807, 2.05) is 41.8 Å². The first kappa shape index (κ1) is 12.8. The van der Waals surface area contributed by atoms with Crippen molar-refractivity contribution in [2.75, 3.05) is 7.11 Å². The standard InChI is InChI=1S/C14H13N3O2S/c1-18-10-6-4-9(5-7-10)13-16-14(19-17-13)12(15)11-3-2-8-20-11/h2-8,12H,15H2,1H3. The second kappa shape index (κ2) is 5.44. The van der Waals surface area contributed by atoms with Gasteiger partial charge in [0.2, 0.25) is 11.7 Å². The van der Waals surface area contributed by atoms with Crippen LogP contribution in [0, 0.1) is 0 Å². The van der Waals surface area contributed by atoms with Crippen molar-refractivity contribution in [3.63, 3.8) is 0 Å². The lowest BCUT2D eigenvalue weighted by Gasteiger charge is -2.02. The zero-order valence-corrected chi connectivity index (χ0v) is 11.6. The molecule has 6 heteroatoms. The van der Waals surface area contributed by atoms with E-state index in [0.717, 1.165) is 16.2 Å². The highest BCUT2D eigenvalue weighted by molar-refractivity contribution is 7.10. The fraction of sp³-hybridized carbons (Fsp3) is 0.143. The van der Waals surface area contributed by atoms with Crippen LogP contribution in [0.2, 0.25) is 0 Å². The van der Waals surface area contributed by atoms with Crippen LogP contribution in [0.25, 0.3) is 11.4 Å². The number of nitrogens with zero attached hydrogens (tertiary/aromatic N) is 2. The number of nitrogens with two attached hydrogens (primary N) is 1. The molecular weight excluding hydrogens is 274 g/mol. The molecule has 5 nitrogen and oxygen atoms in total. The highest BCUT2D eigenvalue weighted by atomic mass is 32.1. The van der Waals surface area contributed by atoms with Gasteiger partial charge in [0.15, 0.2) is 0 Å². The molecule has 0 aliphatic heterocycles. The molecule has 3 aromatic rings. The largest absolute Gasteiger partial charge is 0.497 e. The minimum absolute atomic E-state index is 0.380. The first-order chi connectivity index (χ1) is 9.78. The summed E-state index contributed by atoms with van der Waals surface area (Å²) in [7, 11) is 1.63. The molecule has 0 saturated carbocycles. The van der Waals surface area contributed by atoms with Gasteiger partial charge in [-0.15, -0.1) is 11.3 Å². The number of hydrogen-bond acceptors (Lipinski definition) is 6. The summed E-state index contributed by atoms with van der Waals surface area (Å²) >= 11 is 1.57. The third kappa shape index (κ3) is 2.43. The average Bonchev–Trinajstić information content (AvgIpc) is 3.18. The Morgan fingerprint density at radius 1 is 1.25 bits per heavy atom. The molecule has 2 aromatic heterocycles. The summed E-state index contributed by atoms with van der Waals surface area (Å²) in [6.07, 6.45) is 0. The molecule has 0 radical (unpaired) electrons. The number of methoxy groups -OCH3 is 1. The quantitative estimate of drug-likeness (QED) is 0.798. The first-order valence-corrected chi connectivity index (χ1v) is 6.93. The number of aromatic nitrogens is 2. The topological polar surface area (TPSA) is 74.2 Å². The smallest absolute Gasteiger partial charge is 0.249 e. The first-order valence-electron chi connectivity index (χ1n) is 6.05. The Labute approximate surface area is 120 Å². The van der Waals surface area contributed by atoms with Gasteiger partial charge in [0, 0.05) is 10.4 Å². The van der Waals surface area contributed by atoms with E-state index in [4.69, 9.17) is 15.0 Å². The van der Waals surface area contributed by atoms with Gasteiger partial charge in [0.1, 0.15) is 11.8 Å². The lowest BCUT2D eigenvalue weighted by Crippen LogP contribution is -2.10. The summed E-state index contributed by atoms with van der Waals surface area (Å²) in [5, 5.41) is 5.94. The Kier molecular flexibility index (Phi) is 3.49. The van der Waals surface area contributed by atoms with Crippen molar-refractivity contribution in [3.05, 3.63) is 52.5 Å². The lowest BCUT2D eigenvalue weighted by molar-refractivity contribution is 0.368. The van der Waals surface area contributed by atoms with E-state index in [2.05, 4.69) is 10.1 Å². The molecular formula is C14H13N3O2S. The molecule has 3 rings (SSSR count). The van der Waals surface area contributed by atoms with Gasteiger partial charge in [0.25, 0.3) is 0 Å². The third-order valence-corrected chi connectivity index (χ3v) is 3.86. The number of rotatable bonds is 4. The van der Waals surface area contributed by atoms with E-state index in [9.17, 15) is 0 Å². The number of thiophene rings is 1. The molecule has 2 N–H and O–H groups in total. The van der Waals surface area contributed by atoms with Crippen LogP contribution in [-0.4, -0.2) is 17.3 Å². The highest BCUT2D eigenvalue weighted by Crippen LogP contribution is 2.25. The third-order valence-electron chi connectivity index (χ3n) is 2.91. The van der Waals surface area contributed by atoms with E-state index in [0.29, 0.717) is 11.7 Å². The van der Waals surface area contributed by atoms with Gasteiger partial charge >= 0.3 is 0 Å². The van der Waals surface area contributed by atoms with Crippen LogP contribution in [0.3, 0.4) is 0 Å². The normalized spacial score (nSPS) is 12.3. The van der Waals surface area contributed by atoms with Crippen molar-refractivity contribution < 1.29 is 9.26 Å². The Balaban J connectivity index is 1.86. The Morgan fingerprint density at radius 2 is 2.05 bits per heavy atom. The Bertz CT molecular complexity index is 677. The molecule has 2 heterocycles. The molecule has 0 aliphatic rings. The van der Waals surface area contributed by atoms with Crippen LogP contribution >= 0.6 is 11.3 Å². The van der Waals surface area contributed by atoms with E-state index in [-0.39, 0.29) is 6.04 Å². The number of hydrogen-bond donors (Lipinski definition) is 1. The zero-order valence-electron chi connectivity index (χ0n) is 10.8. The Hall–Kier alpha value is -2.18. The van der Waals surface area contributed by atoms with E-state index in [1.54, 1.807) is 18.4 Å². The van der Waals surface area contributed by atoms with Crippen molar-refractivity contribution in [1.29, 1.82) is 0 Å². The molecule has 20 heavy (non-hydrogen) atoms. The van der Waals surface area contributed by atoms with Crippen LogP contribution in [-0.2, 0) is 0 Å². The van der Waals surface area contributed by atoms with Crippen molar-refractivity contribution in [3.8, 4) is 17.1 Å². The summed E-state index contributed by atoms with van der Waals surface area (Å²) in [5.41, 5.74) is 6.95.